The summed E-state index contributed by atoms with van der Waals surface area (Å²) in [6.45, 7) is 4.46. The Morgan fingerprint density at radius 2 is 1.86 bits per heavy atom. The molecular weight excluding hydrogens is 268 g/mol. The predicted molar refractivity (Wildman–Crippen MR) is 83.7 cm³/mol. The van der Waals surface area contributed by atoms with Crippen LogP contribution in [-0.2, 0) is 4.79 Å². The number of hydrogen-bond acceptors (Lipinski definition) is 3. The SMILES string of the molecule is CCC(CN)CC(=O)NC(C)c1ccc(NC(N)=O)cc1. The van der Waals surface area contributed by atoms with Crippen molar-refractivity contribution >= 4 is 17.6 Å². The molecule has 0 aromatic heterocycles. The predicted octanol–water partition coefficient (Wildman–Crippen LogP) is 1.73. The van der Waals surface area contributed by atoms with Crippen LogP contribution in [0.5, 0.6) is 0 Å². The van der Waals surface area contributed by atoms with Crippen LogP contribution in [-0.4, -0.2) is 18.5 Å². The highest BCUT2D eigenvalue weighted by atomic mass is 16.2. The minimum absolute atomic E-state index is 0.000799. The van der Waals surface area contributed by atoms with Crippen LogP contribution < -0.4 is 22.1 Å². The van der Waals surface area contributed by atoms with Gasteiger partial charge >= 0.3 is 6.03 Å². The summed E-state index contributed by atoms with van der Waals surface area (Å²) >= 11 is 0. The van der Waals surface area contributed by atoms with Gasteiger partial charge in [-0.1, -0.05) is 25.5 Å². The maximum absolute atomic E-state index is 11.9. The number of amides is 3. The van der Waals surface area contributed by atoms with Gasteiger partial charge in [0.05, 0.1) is 6.04 Å². The van der Waals surface area contributed by atoms with Gasteiger partial charge in [-0.3, -0.25) is 4.79 Å². The molecule has 1 aromatic rings. The van der Waals surface area contributed by atoms with E-state index in [1.807, 2.05) is 26.0 Å². The Morgan fingerprint density at radius 3 is 2.33 bits per heavy atom. The summed E-state index contributed by atoms with van der Waals surface area (Å²) in [5.74, 6) is 0.221. The Morgan fingerprint density at radius 1 is 1.24 bits per heavy atom. The highest BCUT2D eigenvalue weighted by Gasteiger charge is 2.13. The van der Waals surface area contributed by atoms with E-state index in [9.17, 15) is 9.59 Å². The third-order valence-electron chi connectivity index (χ3n) is 3.44. The van der Waals surface area contributed by atoms with E-state index in [0.29, 0.717) is 18.7 Å². The summed E-state index contributed by atoms with van der Waals surface area (Å²) in [7, 11) is 0. The average molecular weight is 292 g/mol. The van der Waals surface area contributed by atoms with Crippen LogP contribution >= 0.6 is 0 Å². The summed E-state index contributed by atoms with van der Waals surface area (Å²) in [5.41, 5.74) is 12.2. The number of carbonyl (C=O) groups is 2. The molecule has 0 saturated heterocycles. The van der Waals surface area contributed by atoms with Gasteiger partial charge in [0, 0.05) is 12.1 Å². The van der Waals surface area contributed by atoms with Gasteiger partial charge in [0.25, 0.3) is 0 Å². The number of hydrogen-bond donors (Lipinski definition) is 4. The molecule has 0 aliphatic carbocycles. The topological polar surface area (TPSA) is 110 Å². The second-order valence-electron chi connectivity index (χ2n) is 5.11. The first-order chi connectivity index (χ1) is 9.96. The zero-order chi connectivity index (χ0) is 15.8. The molecule has 116 valence electrons. The summed E-state index contributed by atoms with van der Waals surface area (Å²) in [4.78, 5) is 22.7. The van der Waals surface area contributed by atoms with Crippen LogP contribution in [0.3, 0.4) is 0 Å². The zero-order valence-electron chi connectivity index (χ0n) is 12.6. The molecule has 2 atom stereocenters. The lowest BCUT2D eigenvalue weighted by Gasteiger charge is -2.17. The van der Waals surface area contributed by atoms with E-state index in [1.54, 1.807) is 12.1 Å². The Kier molecular flexibility index (Phi) is 6.68. The first-order valence-corrected chi connectivity index (χ1v) is 7.12. The summed E-state index contributed by atoms with van der Waals surface area (Å²) < 4.78 is 0. The largest absolute Gasteiger partial charge is 0.351 e. The van der Waals surface area contributed by atoms with Gasteiger partial charge in [0.15, 0.2) is 0 Å². The highest BCUT2D eigenvalue weighted by molar-refractivity contribution is 5.87. The van der Waals surface area contributed by atoms with Crippen molar-refractivity contribution in [1.29, 1.82) is 0 Å². The van der Waals surface area contributed by atoms with E-state index in [2.05, 4.69) is 10.6 Å². The highest BCUT2D eigenvalue weighted by Crippen LogP contribution is 2.16. The zero-order valence-corrected chi connectivity index (χ0v) is 12.6. The fourth-order valence-corrected chi connectivity index (χ4v) is 2.04. The standard InChI is InChI=1S/C15H24N4O2/c1-3-11(9-16)8-14(20)18-10(2)12-4-6-13(7-5-12)19-15(17)21/h4-7,10-11H,3,8-9,16H2,1-2H3,(H,18,20)(H3,17,19,21). The molecule has 0 bridgehead atoms. The van der Waals surface area contributed by atoms with Crippen molar-refractivity contribution in [2.24, 2.45) is 17.4 Å². The number of primary amides is 1. The fourth-order valence-electron chi connectivity index (χ4n) is 2.04. The molecule has 3 amide bonds. The minimum Gasteiger partial charge on any atom is -0.351 e. The average Bonchev–Trinajstić information content (AvgIpc) is 2.44. The van der Waals surface area contributed by atoms with Crippen LogP contribution in [0.25, 0.3) is 0 Å². The molecule has 0 heterocycles. The van der Waals surface area contributed by atoms with Crippen LogP contribution in [0.2, 0.25) is 0 Å². The summed E-state index contributed by atoms with van der Waals surface area (Å²) in [6.07, 6.45) is 1.34. The van der Waals surface area contributed by atoms with Crippen molar-refractivity contribution in [3.8, 4) is 0 Å². The Balaban J connectivity index is 2.56. The molecule has 21 heavy (non-hydrogen) atoms. The minimum atomic E-state index is -0.600. The van der Waals surface area contributed by atoms with Crippen molar-refractivity contribution < 1.29 is 9.59 Å². The molecule has 0 spiro atoms. The fraction of sp³-hybridized carbons (Fsp3) is 0.467. The number of urea groups is 1. The molecule has 0 saturated carbocycles. The molecule has 0 aliphatic rings. The Hall–Kier alpha value is -2.08. The van der Waals surface area contributed by atoms with Crippen molar-refractivity contribution in [2.75, 3.05) is 11.9 Å². The van der Waals surface area contributed by atoms with E-state index < -0.39 is 6.03 Å². The Bertz CT molecular complexity index is 469. The molecule has 2 unspecified atom stereocenters. The first kappa shape index (κ1) is 17.0. The molecular formula is C15H24N4O2. The number of anilines is 1. The van der Waals surface area contributed by atoms with E-state index in [-0.39, 0.29) is 17.9 Å². The maximum atomic E-state index is 11.9. The molecule has 6 heteroatoms. The smallest absolute Gasteiger partial charge is 0.316 e. The number of nitrogens with two attached hydrogens (primary N) is 2. The van der Waals surface area contributed by atoms with Gasteiger partial charge in [-0.2, -0.15) is 0 Å². The van der Waals surface area contributed by atoms with Crippen LogP contribution in [0.4, 0.5) is 10.5 Å². The number of nitrogens with one attached hydrogen (secondary N) is 2. The third kappa shape index (κ3) is 5.83. The molecule has 6 N–H and O–H groups in total. The molecule has 1 aromatic carbocycles. The van der Waals surface area contributed by atoms with Crippen molar-refractivity contribution in [3.63, 3.8) is 0 Å². The Labute approximate surface area is 125 Å². The number of benzene rings is 1. The van der Waals surface area contributed by atoms with E-state index in [1.165, 1.54) is 0 Å². The molecule has 6 nitrogen and oxygen atoms in total. The molecule has 0 radical (unpaired) electrons. The molecule has 0 fully saturated rings. The summed E-state index contributed by atoms with van der Waals surface area (Å²) in [6, 6.07) is 6.48. The van der Waals surface area contributed by atoms with Gasteiger partial charge in [-0.15, -0.1) is 0 Å². The quantitative estimate of drug-likeness (QED) is 0.614. The van der Waals surface area contributed by atoms with Gasteiger partial charge in [-0.25, -0.2) is 4.79 Å². The van der Waals surface area contributed by atoms with E-state index in [0.717, 1.165) is 12.0 Å². The number of rotatable bonds is 7. The van der Waals surface area contributed by atoms with Gasteiger partial charge < -0.3 is 22.1 Å². The first-order valence-electron chi connectivity index (χ1n) is 7.12. The van der Waals surface area contributed by atoms with Crippen molar-refractivity contribution in [2.45, 2.75) is 32.7 Å². The van der Waals surface area contributed by atoms with E-state index >= 15 is 0 Å². The lowest BCUT2D eigenvalue weighted by atomic mass is 10.0. The molecule has 1 rings (SSSR count). The number of carbonyl (C=O) groups excluding carboxylic acids is 2. The van der Waals surface area contributed by atoms with Crippen molar-refractivity contribution in [1.82, 2.24) is 5.32 Å². The monoisotopic (exact) mass is 292 g/mol. The molecule has 0 aliphatic heterocycles. The van der Waals surface area contributed by atoms with Gasteiger partial charge in [0.1, 0.15) is 0 Å². The third-order valence-corrected chi connectivity index (χ3v) is 3.44. The van der Waals surface area contributed by atoms with E-state index in [4.69, 9.17) is 11.5 Å². The van der Waals surface area contributed by atoms with Gasteiger partial charge in [-0.05, 0) is 37.1 Å². The lowest BCUT2D eigenvalue weighted by molar-refractivity contribution is -0.122. The summed E-state index contributed by atoms with van der Waals surface area (Å²) in [5, 5.41) is 5.44. The van der Waals surface area contributed by atoms with Crippen LogP contribution in [0, 0.1) is 5.92 Å². The second kappa shape index (κ2) is 8.26. The lowest BCUT2D eigenvalue weighted by Crippen LogP contribution is -2.30. The van der Waals surface area contributed by atoms with Crippen molar-refractivity contribution in [3.05, 3.63) is 29.8 Å². The maximum Gasteiger partial charge on any atom is 0.316 e. The normalized spacial score (nSPS) is 13.3. The van der Waals surface area contributed by atoms with Crippen LogP contribution in [0.1, 0.15) is 38.3 Å². The van der Waals surface area contributed by atoms with Gasteiger partial charge in [0.2, 0.25) is 5.91 Å². The second-order valence-corrected chi connectivity index (χ2v) is 5.11. The van der Waals surface area contributed by atoms with Crippen LogP contribution in [0.15, 0.2) is 24.3 Å².